The van der Waals surface area contributed by atoms with Crippen LogP contribution in [0.3, 0.4) is 0 Å². The minimum atomic E-state index is -1.70. The zero-order valence-electron chi connectivity index (χ0n) is 15.4. The van der Waals surface area contributed by atoms with Gasteiger partial charge in [-0.15, -0.1) is 0 Å². The molecular formula is C19H23B3N2O2. The average molecular weight is 344 g/mol. The third kappa shape index (κ3) is 3.56. The third-order valence-corrected chi connectivity index (χ3v) is 5.73. The van der Waals surface area contributed by atoms with Gasteiger partial charge in [-0.3, -0.25) is 4.90 Å². The van der Waals surface area contributed by atoms with Gasteiger partial charge in [0.2, 0.25) is 0 Å². The van der Waals surface area contributed by atoms with Crippen LogP contribution in [0.25, 0.3) is 10.9 Å². The Morgan fingerprint density at radius 3 is 2.69 bits per heavy atom. The van der Waals surface area contributed by atoms with Crippen molar-refractivity contribution >= 4 is 34.4 Å². The van der Waals surface area contributed by atoms with Crippen LogP contribution >= 0.6 is 0 Å². The first-order valence-corrected chi connectivity index (χ1v) is 9.37. The summed E-state index contributed by atoms with van der Waals surface area (Å²) in [6.07, 6.45) is 6.49. The average Bonchev–Trinajstić information content (AvgIpc) is 3.22. The fourth-order valence-electron chi connectivity index (χ4n) is 4.37. The van der Waals surface area contributed by atoms with E-state index in [1.54, 1.807) is 0 Å². The van der Waals surface area contributed by atoms with Crippen molar-refractivity contribution in [3.8, 4) is 5.75 Å². The molecule has 1 aromatic heterocycles. The number of hydrogen-bond acceptors (Lipinski definition) is 3. The number of ether oxygens (including phenoxy) is 2. The van der Waals surface area contributed by atoms with Gasteiger partial charge in [0, 0.05) is 48.9 Å². The number of fused-ring (bicyclic) bond motifs is 1. The van der Waals surface area contributed by atoms with Gasteiger partial charge in [-0.05, 0) is 55.6 Å². The van der Waals surface area contributed by atoms with E-state index in [-0.39, 0.29) is 5.60 Å². The van der Waals surface area contributed by atoms with Crippen LogP contribution in [0.2, 0.25) is 0 Å². The van der Waals surface area contributed by atoms with E-state index < -0.39 is 5.30 Å². The summed E-state index contributed by atoms with van der Waals surface area (Å²) in [5.41, 5.74) is 3.37. The number of aromatic nitrogens is 1. The number of benzene rings is 1. The highest BCUT2D eigenvalue weighted by Crippen LogP contribution is 2.38. The quantitative estimate of drug-likeness (QED) is 0.864. The normalized spacial score (nSPS) is 20.8. The van der Waals surface area contributed by atoms with E-state index in [1.807, 2.05) is 19.2 Å². The number of nitrogens with one attached hydrogen (secondary N) is 1. The molecule has 2 aromatic rings. The van der Waals surface area contributed by atoms with Gasteiger partial charge in [-0.25, -0.2) is 0 Å². The van der Waals surface area contributed by atoms with Gasteiger partial charge in [0.25, 0.3) is 0 Å². The summed E-state index contributed by atoms with van der Waals surface area (Å²) < 4.78 is 11.7. The molecule has 2 fully saturated rings. The number of piperidine rings is 1. The Labute approximate surface area is 159 Å². The zero-order valence-corrected chi connectivity index (χ0v) is 15.4. The van der Waals surface area contributed by atoms with E-state index in [0.717, 1.165) is 61.1 Å². The standard InChI is InChI=1S/C19H23B3N2O2/c1-13-11-16(26-19(20,21)22)15(14-3-7-23-17(13)14)12-24-8-5-18(6-9-24)4-2-10-25-18/h3,7,11,23H,2,4-6,8-10,12H2,1H3. The van der Waals surface area contributed by atoms with E-state index in [0.29, 0.717) is 5.75 Å². The smallest absolute Gasteiger partial charge is 0.122 e. The molecule has 4 nitrogen and oxygen atoms in total. The van der Waals surface area contributed by atoms with Gasteiger partial charge in [-0.2, -0.15) is 0 Å². The highest BCUT2D eigenvalue weighted by atomic mass is 16.5. The number of hydrogen-bond donors (Lipinski definition) is 1. The molecule has 4 rings (SSSR count). The van der Waals surface area contributed by atoms with Crippen molar-refractivity contribution in [1.82, 2.24) is 9.88 Å². The van der Waals surface area contributed by atoms with Crippen LogP contribution in [-0.2, 0) is 11.3 Å². The van der Waals surface area contributed by atoms with Crippen LogP contribution in [0.15, 0.2) is 18.3 Å². The van der Waals surface area contributed by atoms with Crippen molar-refractivity contribution in [2.24, 2.45) is 0 Å². The number of nitrogens with zero attached hydrogens (tertiary/aromatic N) is 1. The van der Waals surface area contributed by atoms with Crippen LogP contribution in [0.4, 0.5) is 0 Å². The van der Waals surface area contributed by atoms with Crippen LogP contribution < -0.4 is 4.74 Å². The van der Waals surface area contributed by atoms with Gasteiger partial charge in [0.15, 0.2) is 0 Å². The van der Waals surface area contributed by atoms with Gasteiger partial charge in [0.1, 0.15) is 29.3 Å². The van der Waals surface area contributed by atoms with E-state index in [1.165, 1.54) is 12.8 Å². The molecule has 0 saturated carbocycles. The number of aryl methyl sites for hydroxylation is 1. The second kappa shape index (κ2) is 6.68. The topological polar surface area (TPSA) is 37.5 Å². The Bertz CT molecular complexity index is 784. The molecule has 6 radical (unpaired) electrons. The molecule has 0 aliphatic carbocycles. The summed E-state index contributed by atoms with van der Waals surface area (Å²) in [7, 11) is 17.1. The van der Waals surface area contributed by atoms with E-state index in [4.69, 9.17) is 33.0 Å². The molecule has 1 spiro atoms. The summed E-state index contributed by atoms with van der Waals surface area (Å²) in [6.45, 7) is 5.74. The summed E-state index contributed by atoms with van der Waals surface area (Å²) in [5.74, 6) is 0.652. The lowest BCUT2D eigenvalue weighted by molar-refractivity contribution is -0.0447. The maximum Gasteiger partial charge on any atom is 0.122 e. The third-order valence-electron chi connectivity index (χ3n) is 5.73. The van der Waals surface area contributed by atoms with E-state index in [2.05, 4.69) is 16.0 Å². The molecule has 2 saturated heterocycles. The molecule has 1 N–H and O–H groups in total. The molecule has 130 valence electrons. The van der Waals surface area contributed by atoms with Crippen molar-refractivity contribution in [2.75, 3.05) is 19.7 Å². The maximum atomic E-state index is 6.04. The number of H-pyrrole nitrogens is 1. The van der Waals surface area contributed by atoms with Crippen LogP contribution in [-0.4, -0.2) is 64.0 Å². The molecule has 0 atom stereocenters. The van der Waals surface area contributed by atoms with Crippen LogP contribution in [0.5, 0.6) is 5.75 Å². The number of likely N-dealkylation sites (tertiary alicyclic amines) is 1. The Hall–Kier alpha value is -1.33. The van der Waals surface area contributed by atoms with Gasteiger partial charge >= 0.3 is 0 Å². The van der Waals surface area contributed by atoms with E-state index >= 15 is 0 Å². The van der Waals surface area contributed by atoms with Crippen molar-refractivity contribution in [1.29, 1.82) is 0 Å². The SMILES string of the molecule is [B]C([B])([B])Oc1cc(C)c2[nH]ccc2c1CN1CCC2(CCCO2)CC1. The molecule has 1 aromatic carbocycles. The molecule has 26 heavy (non-hydrogen) atoms. The largest absolute Gasteiger partial charge is 0.515 e. The monoisotopic (exact) mass is 344 g/mol. The first-order chi connectivity index (χ1) is 12.4. The van der Waals surface area contributed by atoms with Crippen LogP contribution in [0.1, 0.15) is 36.8 Å². The molecule has 2 aliphatic heterocycles. The van der Waals surface area contributed by atoms with Crippen molar-refractivity contribution in [2.45, 2.75) is 50.1 Å². The molecule has 0 amide bonds. The fraction of sp³-hybridized carbons (Fsp3) is 0.579. The Balaban J connectivity index is 1.59. The second-order valence-electron chi connectivity index (χ2n) is 7.80. The second-order valence-corrected chi connectivity index (χ2v) is 7.80. The first-order valence-electron chi connectivity index (χ1n) is 9.37. The van der Waals surface area contributed by atoms with Crippen LogP contribution in [0, 0.1) is 6.92 Å². The Kier molecular flexibility index (Phi) is 4.64. The highest BCUT2D eigenvalue weighted by molar-refractivity contribution is 6.58. The van der Waals surface area contributed by atoms with Crippen molar-refractivity contribution in [3.63, 3.8) is 0 Å². The molecule has 0 bridgehead atoms. The summed E-state index contributed by atoms with van der Waals surface area (Å²) >= 11 is 0. The highest BCUT2D eigenvalue weighted by Gasteiger charge is 2.38. The lowest BCUT2D eigenvalue weighted by Gasteiger charge is -2.39. The predicted molar refractivity (Wildman–Crippen MR) is 106 cm³/mol. The van der Waals surface area contributed by atoms with E-state index in [9.17, 15) is 0 Å². The summed E-state index contributed by atoms with van der Waals surface area (Å²) in [5, 5.41) is -0.573. The summed E-state index contributed by atoms with van der Waals surface area (Å²) in [4.78, 5) is 5.75. The maximum absolute atomic E-state index is 6.04. The van der Waals surface area contributed by atoms with Gasteiger partial charge < -0.3 is 14.5 Å². The fourth-order valence-corrected chi connectivity index (χ4v) is 4.37. The molecule has 7 heteroatoms. The zero-order chi connectivity index (χ0) is 18.4. The van der Waals surface area contributed by atoms with Gasteiger partial charge in [0.05, 0.1) is 5.60 Å². The Morgan fingerprint density at radius 1 is 1.27 bits per heavy atom. The predicted octanol–water partition coefficient (Wildman–Crippen LogP) is 2.12. The van der Waals surface area contributed by atoms with Crippen molar-refractivity contribution in [3.05, 3.63) is 29.5 Å². The number of rotatable bonds is 4. The lowest BCUT2D eigenvalue weighted by atomic mass is 9.52. The minimum absolute atomic E-state index is 0.118. The van der Waals surface area contributed by atoms with Crippen molar-refractivity contribution < 1.29 is 9.47 Å². The number of aromatic amines is 1. The first kappa shape index (κ1) is 18.1. The lowest BCUT2D eigenvalue weighted by Crippen LogP contribution is -2.43. The molecule has 3 heterocycles. The minimum Gasteiger partial charge on any atom is -0.515 e. The molecule has 2 aliphatic rings. The van der Waals surface area contributed by atoms with Gasteiger partial charge in [-0.1, -0.05) is 0 Å². The Morgan fingerprint density at radius 2 is 2.04 bits per heavy atom. The summed E-state index contributed by atoms with van der Waals surface area (Å²) in [6, 6.07) is 4.03. The molecular weight excluding hydrogens is 321 g/mol. The molecule has 0 unspecified atom stereocenters.